The maximum atomic E-state index is 12.7. The van der Waals surface area contributed by atoms with Gasteiger partial charge in [-0.15, -0.1) is 0 Å². The molecule has 0 radical (unpaired) electrons. The molecule has 0 aromatic carbocycles. The van der Waals surface area contributed by atoms with Gasteiger partial charge in [-0.3, -0.25) is 9.69 Å². The molecule has 1 unspecified atom stereocenters. The van der Waals surface area contributed by atoms with Crippen LogP contribution in [0, 0.1) is 0 Å². The topological polar surface area (TPSA) is 66.0 Å². The molecule has 0 bridgehead atoms. The molecule has 7 heteroatoms. The number of hydrogen-bond acceptors (Lipinski definition) is 5. The maximum Gasteiger partial charge on any atom is 0.410 e. The third kappa shape index (κ3) is 3.23. The Balaban J connectivity index is 1.59. The molecule has 0 saturated carbocycles. The molecule has 2 saturated heterocycles. The van der Waals surface area contributed by atoms with Crippen LogP contribution in [0.2, 0.25) is 0 Å². The van der Waals surface area contributed by atoms with E-state index in [-0.39, 0.29) is 11.9 Å². The number of hydrogen-bond donors (Lipinski definition) is 0. The number of carbonyl (C=O) groups excluding carboxylic acids is 2. The normalized spacial score (nSPS) is 21.4. The molecule has 1 aromatic heterocycles. The first-order chi connectivity index (χ1) is 11.2. The summed E-state index contributed by atoms with van der Waals surface area (Å²) in [5.74, 6) is 0.977. The molecule has 1 atom stereocenters. The molecule has 3 heterocycles. The Bertz CT molecular complexity index is 558. The summed E-state index contributed by atoms with van der Waals surface area (Å²) in [6, 6.07) is 5.47. The van der Waals surface area contributed by atoms with E-state index in [0.717, 1.165) is 25.3 Å². The van der Waals surface area contributed by atoms with Gasteiger partial charge in [0.05, 0.1) is 7.11 Å². The average Bonchev–Trinajstić information content (AvgIpc) is 3.11. The van der Waals surface area contributed by atoms with Gasteiger partial charge in [0.2, 0.25) is 5.91 Å². The highest BCUT2D eigenvalue weighted by Crippen LogP contribution is 2.21. The number of aromatic nitrogens is 1. The van der Waals surface area contributed by atoms with E-state index in [9.17, 15) is 9.59 Å². The van der Waals surface area contributed by atoms with E-state index in [0.29, 0.717) is 26.1 Å². The summed E-state index contributed by atoms with van der Waals surface area (Å²) >= 11 is 0. The fraction of sp³-hybridized carbons (Fsp3) is 0.562. The van der Waals surface area contributed by atoms with Crippen LogP contribution in [0.15, 0.2) is 24.4 Å². The van der Waals surface area contributed by atoms with Crippen molar-refractivity contribution in [3.63, 3.8) is 0 Å². The molecule has 0 spiro atoms. The number of pyridine rings is 1. The Hall–Kier alpha value is -2.31. The number of amides is 2. The molecule has 3 rings (SSSR count). The van der Waals surface area contributed by atoms with E-state index in [2.05, 4.69) is 9.88 Å². The first kappa shape index (κ1) is 15.6. The lowest BCUT2D eigenvalue weighted by molar-refractivity contribution is -0.135. The monoisotopic (exact) mass is 318 g/mol. The van der Waals surface area contributed by atoms with Gasteiger partial charge >= 0.3 is 6.09 Å². The van der Waals surface area contributed by atoms with Gasteiger partial charge in [0.25, 0.3) is 0 Å². The van der Waals surface area contributed by atoms with Gasteiger partial charge in [0.15, 0.2) is 0 Å². The zero-order chi connectivity index (χ0) is 16.2. The highest BCUT2D eigenvalue weighted by Gasteiger charge is 2.37. The molecular formula is C16H22N4O3. The van der Waals surface area contributed by atoms with Crippen LogP contribution in [-0.2, 0) is 9.53 Å². The van der Waals surface area contributed by atoms with E-state index in [1.165, 1.54) is 7.11 Å². The summed E-state index contributed by atoms with van der Waals surface area (Å²) in [6.07, 6.45) is 2.93. The number of likely N-dealkylation sites (tertiary alicyclic amines) is 1. The lowest BCUT2D eigenvalue weighted by Gasteiger charge is -2.37. The highest BCUT2D eigenvalue weighted by molar-refractivity contribution is 5.86. The van der Waals surface area contributed by atoms with Crippen molar-refractivity contribution in [3.8, 4) is 0 Å². The van der Waals surface area contributed by atoms with Gasteiger partial charge in [0.1, 0.15) is 11.9 Å². The summed E-state index contributed by atoms with van der Waals surface area (Å²) in [5.41, 5.74) is 0. The second-order valence-electron chi connectivity index (χ2n) is 5.82. The van der Waals surface area contributed by atoms with E-state index >= 15 is 0 Å². The van der Waals surface area contributed by atoms with Crippen molar-refractivity contribution in [1.82, 2.24) is 14.8 Å². The van der Waals surface area contributed by atoms with Crippen LogP contribution < -0.4 is 4.90 Å². The van der Waals surface area contributed by atoms with Crippen LogP contribution in [0.5, 0.6) is 0 Å². The predicted octanol–water partition coefficient (Wildman–Crippen LogP) is 0.961. The van der Waals surface area contributed by atoms with E-state index < -0.39 is 6.09 Å². The predicted molar refractivity (Wildman–Crippen MR) is 85.2 cm³/mol. The number of anilines is 1. The van der Waals surface area contributed by atoms with Gasteiger partial charge < -0.3 is 14.5 Å². The van der Waals surface area contributed by atoms with Crippen molar-refractivity contribution < 1.29 is 14.3 Å². The van der Waals surface area contributed by atoms with Crippen LogP contribution >= 0.6 is 0 Å². The fourth-order valence-corrected chi connectivity index (χ4v) is 3.27. The lowest BCUT2D eigenvalue weighted by atomic mass is 10.1. The van der Waals surface area contributed by atoms with Crippen LogP contribution in [0.25, 0.3) is 0 Å². The van der Waals surface area contributed by atoms with Crippen LogP contribution in [0.1, 0.15) is 12.8 Å². The summed E-state index contributed by atoms with van der Waals surface area (Å²) in [7, 11) is 1.35. The fourth-order valence-electron chi connectivity index (χ4n) is 3.27. The minimum Gasteiger partial charge on any atom is -0.453 e. The lowest BCUT2D eigenvalue weighted by Crippen LogP contribution is -2.54. The summed E-state index contributed by atoms with van der Waals surface area (Å²) < 4.78 is 4.78. The molecule has 2 fully saturated rings. The number of piperazine rings is 1. The quantitative estimate of drug-likeness (QED) is 0.812. The highest BCUT2D eigenvalue weighted by atomic mass is 16.5. The largest absolute Gasteiger partial charge is 0.453 e. The molecule has 7 nitrogen and oxygen atoms in total. The van der Waals surface area contributed by atoms with Gasteiger partial charge in [-0.2, -0.15) is 0 Å². The van der Waals surface area contributed by atoms with E-state index in [1.807, 2.05) is 23.1 Å². The summed E-state index contributed by atoms with van der Waals surface area (Å²) in [4.78, 5) is 34.4. The average molecular weight is 318 g/mol. The number of nitrogens with zero attached hydrogens (tertiary/aromatic N) is 4. The summed E-state index contributed by atoms with van der Waals surface area (Å²) in [5, 5.41) is 0. The molecule has 2 aliphatic rings. The Kier molecular flexibility index (Phi) is 4.64. The van der Waals surface area contributed by atoms with E-state index in [1.54, 1.807) is 11.1 Å². The Morgan fingerprint density at radius 3 is 2.61 bits per heavy atom. The Morgan fingerprint density at radius 1 is 1.17 bits per heavy atom. The van der Waals surface area contributed by atoms with Gasteiger partial charge in [-0.1, -0.05) is 6.07 Å². The van der Waals surface area contributed by atoms with Gasteiger partial charge in [-0.25, -0.2) is 9.78 Å². The zero-order valence-electron chi connectivity index (χ0n) is 13.4. The SMILES string of the molecule is COC(=O)N1CCCC1C(=O)N1CCN(c2ccccn2)CC1. The van der Waals surface area contributed by atoms with Crippen LogP contribution in [0.3, 0.4) is 0 Å². The maximum absolute atomic E-state index is 12.7. The van der Waals surface area contributed by atoms with Gasteiger partial charge in [0, 0.05) is 38.9 Å². The van der Waals surface area contributed by atoms with Crippen molar-refractivity contribution in [3.05, 3.63) is 24.4 Å². The molecule has 124 valence electrons. The second kappa shape index (κ2) is 6.85. The molecule has 2 aliphatic heterocycles. The number of carbonyl (C=O) groups is 2. The number of methoxy groups -OCH3 is 1. The minimum atomic E-state index is -0.409. The van der Waals surface area contributed by atoms with Crippen LogP contribution in [-0.4, -0.2) is 72.7 Å². The van der Waals surface area contributed by atoms with Crippen molar-refractivity contribution in [2.45, 2.75) is 18.9 Å². The molecule has 0 aliphatic carbocycles. The van der Waals surface area contributed by atoms with Gasteiger partial charge in [-0.05, 0) is 25.0 Å². The van der Waals surface area contributed by atoms with Crippen molar-refractivity contribution in [1.29, 1.82) is 0 Å². The third-order valence-electron chi connectivity index (χ3n) is 4.51. The Labute approximate surface area is 135 Å². The smallest absolute Gasteiger partial charge is 0.410 e. The molecule has 1 aromatic rings. The van der Waals surface area contributed by atoms with Crippen LogP contribution in [0.4, 0.5) is 10.6 Å². The zero-order valence-corrected chi connectivity index (χ0v) is 13.4. The van der Waals surface area contributed by atoms with Crippen molar-refractivity contribution >= 4 is 17.8 Å². The second-order valence-corrected chi connectivity index (χ2v) is 5.82. The molecule has 2 amide bonds. The molecule has 23 heavy (non-hydrogen) atoms. The Morgan fingerprint density at radius 2 is 1.96 bits per heavy atom. The third-order valence-corrected chi connectivity index (χ3v) is 4.51. The molecular weight excluding hydrogens is 296 g/mol. The first-order valence-corrected chi connectivity index (χ1v) is 8.00. The van der Waals surface area contributed by atoms with Crippen molar-refractivity contribution in [2.24, 2.45) is 0 Å². The number of ether oxygens (including phenoxy) is 1. The minimum absolute atomic E-state index is 0.0357. The van der Waals surface area contributed by atoms with Crippen molar-refractivity contribution in [2.75, 3.05) is 44.7 Å². The van der Waals surface area contributed by atoms with E-state index in [4.69, 9.17) is 4.74 Å². The molecule has 0 N–H and O–H groups in total. The number of rotatable bonds is 2. The standard InChI is InChI=1S/C16H22N4O3/c1-23-16(22)20-8-4-5-13(20)15(21)19-11-9-18(10-12-19)14-6-2-3-7-17-14/h2-3,6-7,13H,4-5,8-12H2,1H3. The summed E-state index contributed by atoms with van der Waals surface area (Å²) in [6.45, 7) is 3.42. The first-order valence-electron chi connectivity index (χ1n) is 8.00.